The molecule has 3 rings (SSSR count). The Kier molecular flexibility index (Phi) is 5.32. The molecule has 1 heterocycles. The second kappa shape index (κ2) is 7.66. The van der Waals surface area contributed by atoms with Gasteiger partial charge in [-0.2, -0.15) is 8.78 Å². The number of carbonyl (C=O) groups excluding carboxylic acids is 1. The quantitative estimate of drug-likeness (QED) is 0.803. The molecule has 0 aromatic heterocycles. The second-order valence-corrected chi connectivity index (χ2v) is 5.98. The number of carbonyl (C=O) groups is 1. The van der Waals surface area contributed by atoms with E-state index in [2.05, 4.69) is 5.32 Å². The van der Waals surface area contributed by atoms with Gasteiger partial charge in [0.25, 0.3) is 0 Å². The van der Waals surface area contributed by atoms with Gasteiger partial charge in [-0.3, -0.25) is 10.1 Å². The molecule has 2 atom stereocenters. The molecule has 6 heteroatoms. The van der Waals surface area contributed by atoms with Crippen LogP contribution in [0.3, 0.4) is 0 Å². The van der Waals surface area contributed by atoms with Crippen molar-refractivity contribution < 1.29 is 23.0 Å². The van der Waals surface area contributed by atoms with Gasteiger partial charge in [0.2, 0.25) is 6.23 Å². The SMILES string of the molecule is COC(=O)[C@@H](Cc1ccccc1)NC1OC(c2ccccc2)=CC1(F)F. The Bertz CT molecular complexity index is 778. The number of hydrogen-bond acceptors (Lipinski definition) is 4. The van der Waals surface area contributed by atoms with E-state index in [4.69, 9.17) is 9.47 Å². The average molecular weight is 359 g/mol. The van der Waals surface area contributed by atoms with Crippen LogP contribution in [-0.4, -0.2) is 31.3 Å². The van der Waals surface area contributed by atoms with Gasteiger partial charge in [0.05, 0.1) is 7.11 Å². The molecule has 1 unspecified atom stereocenters. The van der Waals surface area contributed by atoms with Crippen LogP contribution >= 0.6 is 0 Å². The summed E-state index contributed by atoms with van der Waals surface area (Å²) < 4.78 is 39.0. The van der Waals surface area contributed by atoms with Gasteiger partial charge in [-0.15, -0.1) is 0 Å². The number of esters is 1. The zero-order chi connectivity index (χ0) is 18.6. The highest BCUT2D eigenvalue weighted by atomic mass is 19.3. The lowest BCUT2D eigenvalue weighted by molar-refractivity contribution is -0.146. The Morgan fingerprint density at radius 1 is 1.15 bits per heavy atom. The standard InChI is InChI=1S/C20H19F2NO3/c1-25-18(24)16(12-14-8-4-2-5-9-14)23-19-20(21,22)13-17(26-19)15-10-6-3-7-11-15/h2-11,13,16,19,23H,12H2,1H3/t16-,19?/m1/s1. The Morgan fingerprint density at radius 2 is 1.77 bits per heavy atom. The highest BCUT2D eigenvalue weighted by Crippen LogP contribution is 2.36. The minimum atomic E-state index is -3.26. The number of alkyl halides is 2. The van der Waals surface area contributed by atoms with E-state index in [1.54, 1.807) is 30.3 Å². The van der Waals surface area contributed by atoms with Crippen molar-refractivity contribution in [2.75, 3.05) is 7.11 Å². The first kappa shape index (κ1) is 18.1. The molecule has 0 aliphatic carbocycles. The average Bonchev–Trinajstić information content (AvgIpc) is 2.96. The van der Waals surface area contributed by atoms with Crippen molar-refractivity contribution >= 4 is 11.7 Å². The van der Waals surface area contributed by atoms with Crippen molar-refractivity contribution in [3.05, 3.63) is 77.9 Å². The van der Waals surface area contributed by atoms with Crippen molar-refractivity contribution in [2.24, 2.45) is 0 Å². The number of benzene rings is 2. The van der Waals surface area contributed by atoms with Crippen molar-refractivity contribution in [1.82, 2.24) is 5.32 Å². The topological polar surface area (TPSA) is 47.6 Å². The van der Waals surface area contributed by atoms with Gasteiger partial charge < -0.3 is 9.47 Å². The molecule has 0 amide bonds. The van der Waals surface area contributed by atoms with E-state index in [0.29, 0.717) is 5.56 Å². The predicted molar refractivity (Wildman–Crippen MR) is 93.3 cm³/mol. The summed E-state index contributed by atoms with van der Waals surface area (Å²) in [6.07, 6.45) is -0.661. The maximum atomic E-state index is 14.4. The molecule has 136 valence electrons. The fourth-order valence-electron chi connectivity index (χ4n) is 2.77. The van der Waals surface area contributed by atoms with E-state index in [1.807, 2.05) is 30.3 Å². The molecule has 1 aliphatic rings. The Labute approximate surface area is 150 Å². The van der Waals surface area contributed by atoms with E-state index in [0.717, 1.165) is 11.6 Å². The first-order valence-corrected chi connectivity index (χ1v) is 8.20. The van der Waals surface area contributed by atoms with Crippen LogP contribution in [0, 0.1) is 0 Å². The third-order valence-electron chi connectivity index (χ3n) is 4.10. The molecule has 26 heavy (non-hydrogen) atoms. The summed E-state index contributed by atoms with van der Waals surface area (Å²) in [6.45, 7) is 0. The number of ether oxygens (including phenoxy) is 2. The van der Waals surface area contributed by atoms with Gasteiger partial charge >= 0.3 is 11.9 Å². The van der Waals surface area contributed by atoms with Crippen LogP contribution in [0.4, 0.5) is 8.78 Å². The molecule has 0 spiro atoms. The van der Waals surface area contributed by atoms with Crippen LogP contribution in [0.2, 0.25) is 0 Å². The first-order valence-electron chi connectivity index (χ1n) is 8.20. The van der Waals surface area contributed by atoms with Gasteiger partial charge in [-0.05, 0) is 12.0 Å². The molecule has 4 nitrogen and oxygen atoms in total. The fourth-order valence-corrected chi connectivity index (χ4v) is 2.77. The summed E-state index contributed by atoms with van der Waals surface area (Å²) in [5.41, 5.74) is 1.38. The normalized spacial score (nSPS) is 19.3. The molecule has 0 bridgehead atoms. The Balaban J connectivity index is 1.76. The van der Waals surface area contributed by atoms with Crippen LogP contribution in [0.5, 0.6) is 0 Å². The molecular weight excluding hydrogens is 340 g/mol. The smallest absolute Gasteiger partial charge is 0.323 e. The highest BCUT2D eigenvalue weighted by Gasteiger charge is 2.47. The van der Waals surface area contributed by atoms with Crippen molar-refractivity contribution in [1.29, 1.82) is 0 Å². The number of rotatable bonds is 6. The van der Waals surface area contributed by atoms with Crippen molar-refractivity contribution in [3.8, 4) is 0 Å². The van der Waals surface area contributed by atoms with Gasteiger partial charge in [-0.1, -0.05) is 60.7 Å². The van der Waals surface area contributed by atoms with Crippen LogP contribution in [0.1, 0.15) is 11.1 Å². The molecule has 0 fully saturated rings. The number of methoxy groups -OCH3 is 1. The van der Waals surface area contributed by atoms with Gasteiger partial charge in [0, 0.05) is 11.6 Å². The van der Waals surface area contributed by atoms with Crippen LogP contribution in [-0.2, 0) is 20.7 Å². The lowest BCUT2D eigenvalue weighted by Crippen LogP contribution is -2.51. The van der Waals surface area contributed by atoms with E-state index >= 15 is 0 Å². The van der Waals surface area contributed by atoms with Crippen molar-refractivity contribution in [3.63, 3.8) is 0 Å². The van der Waals surface area contributed by atoms with Gasteiger partial charge in [0.1, 0.15) is 11.8 Å². The monoisotopic (exact) mass is 359 g/mol. The molecule has 1 N–H and O–H groups in total. The number of hydrogen-bond donors (Lipinski definition) is 1. The number of nitrogens with one attached hydrogen (secondary N) is 1. The summed E-state index contributed by atoms with van der Waals surface area (Å²) in [6, 6.07) is 16.8. The largest absolute Gasteiger partial charge is 0.468 e. The Hall–Kier alpha value is -2.73. The van der Waals surface area contributed by atoms with E-state index in [9.17, 15) is 13.6 Å². The second-order valence-electron chi connectivity index (χ2n) is 5.98. The molecule has 1 aliphatic heterocycles. The maximum Gasteiger partial charge on any atom is 0.323 e. The molecule has 2 aromatic carbocycles. The molecular formula is C20H19F2NO3. The molecule has 2 aromatic rings. The number of halogens is 2. The minimum absolute atomic E-state index is 0.0800. The van der Waals surface area contributed by atoms with Gasteiger partial charge in [-0.25, -0.2) is 0 Å². The fraction of sp³-hybridized carbons (Fsp3) is 0.250. The lowest BCUT2D eigenvalue weighted by atomic mass is 10.1. The van der Waals surface area contributed by atoms with E-state index < -0.39 is 24.2 Å². The first-order chi connectivity index (χ1) is 12.5. The summed E-state index contributed by atoms with van der Waals surface area (Å²) in [4.78, 5) is 12.1. The van der Waals surface area contributed by atoms with Crippen LogP contribution < -0.4 is 5.32 Å². The maximum absolute atomic E-state index is 14.4. The molecule has 0 saturated carbocycles. The third kappa shape index (κ3) is 4.08. The summed E-state index contributed by atoms with van der Waals surface area (Å²) in [7, 11) is 1.23. The zero-order valence-electron chi connectivity index (χ0n) is 14.2. The van der Waals surface area contributed by atoms with E-state index in [1.165, 1.54) is 7.11 Å². The third-order valence-corrected chi connectivity index (χ3v) is 4.10. The van der Waals surface area contributed by atoms with E-state index in [-0.39, 0.29) is 12.2 Å². The predicted octanol–water partition coefficient (Wildman–Crippen LogP) is 3.39. The van der Waals surface area contributed by atoms with Crippen LogP contribution in [0.25, 0.3) is 5.76 Å². The Morgan fingerprint density at radius 3 is 2.38 bits per heavy atom. The lowest BCUT2D eigenvalue weighted by Gasteiger charge is -2.25. The highest BCUT2D eigenvalue weighted by molar-refractivity contribution is 5.76. The van der Waals surface area contributed by atoms with Crippen LogP contribution in [0.15, 0.2) is 66.7 Å². The van der Waals surface area contributed by atoms with Crippen molar-refractivity contribution in [2.45, 2.75) is 24.6 Å². The zero-order valence-corrected chi connectivity index (χ0v) is 14.2. The summed E-state index contributed by atoms with van der Waals surface area (Å²) in [5.74, 6) is -3.80. The van der Waals surface area contributed by atoms with Gasteiger partial charge in [0.15, 0.2) is 0 Å². The molecule has 0 saturated heterocycles. The summed E-state index contributed by atoms with van der Waals surface area (Å²) in [5, 5.41) is 2.61. The summed E-state index contributed by atoms with van der Waals surface area (Å²) >= 11 is 0. The minimum Gasteiger partial charge on any atom is -0.468 e. The molecule has 0 radical (unpaired) electrons.